The number of anilines is 2. The number of carbonyl (C=O) groups is 1. The second-order valence-electron chi connectivity index (χ2n) is 4.70. The number of methoxy groups -OCH3 is 1. The molecule has 0 bridgehead atoms. The summed E-state index contributed by atoms with van der Waals surface area (Å²) in [5.74, 6) is -0.377. The van der Waals surface area contributed by atoms with E-state index < -0.39 is 0 Å². The molecule has 1 aromatic rings. The molecule has 1 aliphatic heterocycles. The van der Waals surface area contributed by atoms with Crippen molar-refractivity contribution < 1.29 is 9.53 Å². The van der Waals surface area contributed by atoms with Gasteiger partial charge in [0.05, 0.1) is 24.0 Å². The van der Waals surface area contributed by atoms with Gasteiger partial charge in [-0.3, -0.25) is 0 Å². The van der Waals surface area contributed by atoms with Gasteiger partial charge in [0.25, 0.3) is 0 Å². The quantitative estimate of drug-likeness (QED) is 0.616. The van der Waals surface area contributed by atoms with Crippen molar-refractivity contribution in [2.45, 2.75) is 0 Å². The second kappa shape index (κ2) is 5.90. The molecule has 19 heavy (non-hydrogen) atoms. The van der Waals surface area contributed by atoms with Crippen LogP contribution in [-0.4, -0.2) is 56.2 Å². The van der Waals surface area contributed by atoms with E-state index >= 15 is 0 Å². The number of carbonyl (C=O) groups excluding carboxylic acids is 1. The van der Waals surface area contributed by atoms with Crippen LogP contribution in [0.5, 0.6) is 0 Å². The largest absolute Gasteiger partial charge is 0.465 e. The standard InChI is InChI=1S/C13H20N4O2/c1-16-5-7-17(8-6-16)15-12-4-3-10(9-11(12)14)13(18)19-2/h3-4,9,15H,5-8,14H2,1-2H3. The van der Waals surface area contributed by atoms with Crippen LogP contribution in [0.1, 0.15) is 10.4 Å². The average molecular weight is 264 g/mol. The molecule has 0 amide bonds. The summed E-state index contributed by atoms with van der Waals surface area (Å²) in [4.78, 5) is 13.7. The van der Waals surface area contributed by atoms with E-state index in [0.29, 0.717) is 11.3 Å². The van der Waals surface area contributed by atoms with Crippen LogP contribution in [0, 0.1) is 0 Å². The van der Waals surface area contributed by atoms with Crippen molar-refractivity contribution in [3.05, 3.63) is 23.8 Å². The molecule has 1 saturated heterocycles. The number of hydrazine groups is 1. The van der Waals surface area contributed by atoms with Crippen molar-refractivity contribution in [2.24, 2.45) is 0 Å². The number of nitrogens with one attached hydrogen (secondary N) is 1. The molecule has 1 fully saturated rings. The Morgan fingerprint density at radius 3 is 2.58 bits per heavy atom. The van der Waals surface area contributed by atoms with Crippen molar-refractivity contribution in [1.29, 1.82) is 0 Å². The first-order valence-electron chi connectivity index (χ1n) is 6.28. The fourth-order valence-corrected chi connectivity index (χ4v) is 2.00. The summed E-state index contributed by atoms with van der Waals surface area (Å²) in [7, 11) is 3.46. The number of rotatable bonds is 3. The van der Waals surface area contributed by atoms with Crippen molar-refractivity contribution in [3.63, 3.8) is 0 Å². The maximum Gasteiger partial charge on any atom is 0.337 e. The molecule has 104 valence electrons. The van der Waals surface area contributed by atoms with Gasteiger partial charge in [0, 0.05) is 26.2 Å². The van der Waals surface area contributed by atoms with E-state index in [4.69, 9.17) is 5.73 Å². The molecule has 0 atom stereocenters. The Morgan fingerprint density at radius 1 is 1.32 bits per heavy atom. The van der Waals surface area contributed by atoms with Gasteiger partial charge in [0.15, 0.2) is 0 Å². The van der Waals surface area contributed by atoms with Crippen molar-refractivity contribution in [1.82, 2.24) is 9.91 Å². The van der Waals surface area contributed by atoms with Crippen molar-refractivity contribution in [3.8, 4) is 0 Å². The lowest BCUT2D eigenvalue weighted by atomic mass is 10.2. The highest BCUT2D eigenvalue weighted by Crippen LogP contribution is 2.21. The molecule has 0 aromatic heterocycles. The van der Waals surface area contributed by atoms with Gasteiger partial charge in [-0.05, 0) is 25.2 Å². The summed E-state index contributed by atoms with van der Waals surface area (Å²) in [6, 6.07) is 5.14. The molecule has 3 N–H and O–H groups in total. The van der Waals surface area contributed by atoms with Gasteiger partial charge in [-0.15, -0.1) is 0 Å². The molecule has 0 unspecified atom stereocenters. The number of ether oxygens (including phenoxy) is 1. The van der Waals surface area contributed by atoms with E-state index in [1.807, 2.05) is 0 Å². The van der Waals surface area contributed by atoms with Crippen molar-refractivity contribution >= 4 is 17.3 Å². The minimum atomic E-state index is -0.377. The predicted molar refractivity (Wildman–Crippen MR) is 74.9 cm³/mol. The molecule has 2 rings (SSSR count). The lowest BCUT2D eigenvalue weighted by Crippen LogP contribution is -2.47. The number of piperazine rings is 1. The Labute approximate surface area is 113 Å². The number of nitrogens with two attached hydrogens (primary N) is 1. The topological polar surface area (TPSA) is 70.8 Å². The fourth-order valence-electron chi connectivity index (χ4n) is 2.00. The summed E-state index contributed by atoms with van der Waals surface area (Å²) in [5, 5.41) is 2.13. The zero-order valence-electron chi connectivity index (χ0n) is 11.3. The predicted octanol–water partition coefficient (Wildman–Crippen LogP) is 0.630. The highest BCUT2D eigenvalue weighted by Gasteiger charge is 2.15. The minimum absolute atomic E-state index is 0.377. The van der Waals surface area contributed by atoms with Crippen LogP contribution in [0.3, 0.4) is 0 Å². The summed E-state index contributed by atoms with van der Waals surface area (Å²) >= 11 is 0. The van der Waals surface area contributed by atoms with E-state index in [1.54, 1.807) is 18.2 Å². The summed E-state index contributed by atoms with van der Waals surface area (Å²) in [6.45, 7) is 3.92. The van der Waals surface area contributed by atoms with Gasteiger partial charge < -0.3 is 20.8 Å². The number of hydrogen-bond acceptors (Lipinski definition) is 6. The van der Waals surface area contributed by atoms with Gasteiger partial charge in [-0.25, -0.2) is 9.80 Å². The number of nitrogen functional groups attached to an aromatic ring is 1. The summed E-state index contributed by atoms with van der Waals surface area (Å²) in [5.41, 5.74) is 11.1. The highest BCUT2D eigenvalue weighted by atomic mass is 16.5. The SMILES string of the molecule is COC(=O)c1ccc(NN2CCN(C)CC2)c(N)c1. The van der Waals surface area contributed by atoms with Gasteiger partial charge >= 0.3 is 5.97 Å². The van der Waals surface area contributed by atoms with Crippen LogP contribution in [0.2, 0.25) is 0 Å². The molecule has 6 heteroatoms. The summed E-state index contributed by atoms with van der Waals surface area (Å²) < 4.78 is 4.66. The van der Waals surface area contributed by atoms with Crippen molar-refractivity contribution in [2.75, 3.05) is 51.5 Å². The maximum atomic E-state index is 11.4. The van der Waals surface area contributed by atoms with Gasteiger partial charge in [-0.2, -0.15) is 0 Å². The number of nitrogens with zero attached hydrogens (tertiary/aromatic N) is 2. The monoisotopic (exact) mass is 264 g/mol. The van der Waals surface area contributed by atoms with Gasteiger partial charge in [0.1, 0.15) is 0 Å². The van der Waals surface area contributed by atoms with Crippen LogP contribution in [0.25, 0.3) is 0 Å². The Bertz CT molecular complexity index is 456. The Hall–Kier alpha value is -1.79. The first-order valence-corrected chi connectivity index (χ1v) is 6.28. The molecule has 0 aliphatic carbocycles. The number of hydrogen-bond donors (Lipinski definition) is 2. The molecule has 0 radical (unpaired) electrons. The molecular weight excluding hydrogens is 244 g/mol. The van der Waals surface area contributed by atoms with Crippen LogP contribution in [-0.2, 0) is 4.74 Å². The zero-order chi connectivity index (χ0) is 13.8. The first kappa shape index (κ1) is 13.6. The van der Waals surface area contributed by atoms with Gasteiger partial charge in [0.2, 0.25) is 0 Å². The van der Waals surface area contributed by atoms with Crippen LogP contribution in [0.15, 0.2) is 18.2 Å². The van der Waals surface area contributed by atoms with E-state index in [0.717, 1.165) is 31.9 Å². The van der Waals surface area contributed by atoms with Crippen LogP contribution in [0.4, 0.5) is 11.4 Å². The van der Waals surface area contributed by atoms with Gasteiger partial charge in [-0.1, -0.05) is 0 Å². The Balaban J connectivity index is 2.03. The second-order valence-corrected chi connectivity index (χ2v) is 4.70. The Morgan fingerprint density at radius 2 is 2.00 bits per heavy atom. The van der Waals surface area contributed by atoms with E-state index in [2.05, 4.69) is 27.1 Å². The third-order valence-electron chi connectivity index (χ3n) is 3.25. The molecule has 6 nitrogen and oxygen atoms in total. The zero-order valence-corrected chi connectivity index (χ0v) is 11.3. The highest BCUT2D eigenvalue weighted by molar-refractivity contribution is 5.91. The fraction of sp³-hybridized carbons (Fsp3) is 0.462. The minimum Gasteiger partial charge on any atom is -0.465 e. The molecule has 0 spiro atoms. The molecule has 1 aliphatic rings. The lowest BCUT2D eigenvalue weighted by Gasteiger charge is -2.33. The third kappa shape index (κ3) is 3.36. The Kier molecular flexibility index (Phi) is 4.24. The van der Waals surface area contributed by atoms with Crippen LogP contribution >= 0.6 is 0 Å². The van der Waals surface area contributed by atoms with E-state index in [-0.39, 0.29) is 5.97 Å². The lowest BCUT2D eigenvalue weighted by molar-refractivity contribution is 0.0601. The molecule has 0 saturated carbocycles. The number of benzene rings is 1. The van der Waals surface area contributed by atoms with Crippen LogP contribution < -0.4 is 11.2 Å². The normalized spacial score (nSPS) is 17.2. The maximum absolute atomic E-state index is 11.4. The smallest absolute Gasteiger partial charge is 0.337 e. The summed E-state index contributed by atoms with van der Waals surface area (Å²) in [6.07, 6.45) is 0. The van der Waals surface area contributed by atoms with E-state index in [9.17, 15) is 4.79 Å². The third-order valence-corrected chi connectivity index (χ3v) is 3.25. The molecular formula is C13H20N4O2. The van der Waals surface area contributed by atoms with E-state index in [1.165, 1.54) is 7.11 Å². The number of esters is 1. The molecule has 1 aromatic carbocycles. The molecule has 1 heterocycles. The average Bonchev–Trinajstić information content (AvgIpc) is 2.42. The first-order chi connectivity index (χ1) is 9.10. The number of likely N-dealkylation sites (N-methyl/N-ethyl adjacent to an activating group) is 1.